The lowest BCUT2D eigenvalue weighted by atomic mass is 10.1. The van der Waals surface area contributed by atoms with E-state index in [-0.39, 0.29) is 5.91 Å². The summed E-state index contributed by atoms with van der Waals surface area (Å²) >= 11 is 1.49. The number of thiophene rings is 1. The van der Waals surface area contributed by atoms with Gasteiger partial charge in [0, 0.05) is 16.8 Å². The zero-order valence-electron chi connectivity index (χ0n) is 12.6. The molecule has 0 atom stereocenters. The normalized spacial score (nSPS) is 15.7. The summed E-state index contributed by atoms with van der Waals surface area (Å²) in [6.45, 7) is 2.07. The first-order valence-electron chi connectivity index (χ1n) is 7.81. The van der Waals surface area contributed by atoms with Crippen LogP contribution in [0.4, 0.5) is 0 Å². The van der Waals surface area contributed by atoms with Crippen molar-refractivity contribution >= 4 is 38.4 Å². The van der Waals surface area contributed by atoms with Crippen molar-refractivity contribution in [1.29, 1.82) is 0 Å². The summed E-state index contributed by atoms with van der Waals surface area (Å²) in [4.78, 5) is 18.8. The monoisotopic (exact) mass is 310 g/mol. The van der Waals surface area contributed by atoms with E-state index in [4.69, 9.17) is 4.98 Å². The first-order valence-corrected chi connectivity index (χ1v) is 8.62. The Balaban J connectivity index is 1.70. The molecule has 3 aromatic rings. The molecule has 2 heterocycles. The van der Waals surface area contributed by atoms with Crippen LogP contribution < -0.4 is 5.32 Å². The predicted molar refractivity (Wildman–Crippen MR) is 91.6 cm³/mol. The summed E-state index contributed by atoms with van der Waals surface area (Å²) in [6, 6.07) is 10.7. The van der Waals surface area contributed by atoms with Crippen molar-refractivity contribution < 1.29 is 4.79 Å². The Morgan fingerprint density at radius 3 is 2.82 bits per heavy atom. The van der Waals surface area contributed by atoms with Gasteiger partial charge in [-0.25, -0.2) is 4.98 Å². The molecule has 22 heavy (non-hydrogen) atoms. The van der Waals surface area contributed by atoms with Crippen LogP contribution in [0.5, 0.6) is 0 Å². The van der Waals surface area contributed by atoms with Crippen LogP contribution in [0.25, 0.3) is 21.1 Å². The molecule has 4 heteroatoms. The Morgan fingerprint density at radius 1 is 1.18 bits per heavy atom. The Labute approximate surface area is 133 Å². The fourth-order valence-corrected chi connectivity index (χ4v) is 4.10. The van der Waals surface area contributed by atoms with Gasteiger partial charge in [-0.05, 0) is 43.5 Å². The highest BCUT2D eigenvalue weighted by molar-refractivity contribution is 7.20. The Morgan fingerprint density at radius 2 is 2.00 bits per heavy atom. The molecule has 0 unspecified atom stereocenters. The minimum absolute atomic E-state index is 0.0511. The number of pyridine rings is 1. The molecule has 4 rings (SSSR count). The molecule has 112 valence electrons. The largest absolute Gasteiger partial charge is 0.349 e. The molecular weight excluding hydrogens is 292 g/mol. The van der Waals surface area contributed by atoms with Crippen LogP contribution in [0.1, 0.15) is 40.9 Å². The van der Waals surface area contributed by atoms with E-state index in [1.807, 2.05) is 6.07 Å². The van der Waals surface area contributed by atoms with E-state index in [2.05, 4.69) is 36.5 Å². The Hall–Kier alpha value is -1.94. The zero-order chi connectivity index (χ0) is 15.1. The first-order chi connectivity index (χ1) is 10.7. The molecule has 2 aromatic heterocycles. The fourth-order valence-electron chi connectivity index (χ4n) is 3.17. The third-order valence-electron chi connectivity index (χ3n) is 4.37. The van der Waals surface area contributed by atoms with E-state index >= 15 is 0 Å². The topological polar surface area (TPSA) is 42.0 Å². The number of rotatable bonds is 2. The molecule has 0 radical (unpaired) electrons. The number of hydrogen-bond acceptors (Lipinski definition) is 3. The van der Waals surface area contributed by atoms with Crippen LogP contribution in [0.3, 0.4) is 0 Å². The molecule has 0 aliphatic heterocycles. The zero-order valence-corrected chi connectivity index (χ0v) is 13.4. The lowest BCUT2D eigenvalue weighted by Crippen LogP contribution is -2.31. The van der Waals surface area contributed by atoms with Crippen molar-refractivity contribution in [2.24, 2.45) is 0 Å². The number of fused-ring (bicyclic) bond motifs is 2. The molecule has 1 saturated carbocycles. The summed E-state index contributed by atoms with van der Waals surface area (Å²) in [5.74, 6) is 0.0511. The predicted octanol–water partition coefficient (Wildman–Crippen LogP) is 4.43. The summed E-state index contributed by atoms with van der Waals surface area (Å²) in [5, 5.41) is 5.33. The number of nitrogens with zero attached hydrogens (tertiary/aromatic N) is 1. The van der Waals surface area contributed by atoms with E-state index in [1.165, 1.54) is 29.7 Å². The molecule has 1 fully saturated rings. The van der Waals surface area contributed by atoms with Gasteiger partial charge in [0.25, 0.3) is 5.91 Å². The standard InChI is InChI=1S/C18H18N2OS/c1-11-6-7-12-9-13-10-16(22-18(13)20-15(12)8-11)17(21)19-14-4-2-3-5-14/h6-10,14H,2-5H2,1H3,(H,19,21). The molecule has 0 saturated heterocycles. The van der Waals surface area contributed by atoms with Crippen molar-refractivity contribution in [2.45, 2.75) is 38.6 Å². The summed E-state index contributed by atoms with van der Waals surface area (Å²) in [5.41, 5.74) is 2.20. The van der Waals surface area contributed by atoms with E-state index in [0.29, 0.717) is 6.04 Å². The molecule has 3 nitrogen and oxygen atoms in total. The van der Waals surface area contributed by atoms with Crippen molar-refractivity contribution in [2.75, 3.05) is 0 Å². The summed E-state index contributed by atoms with van der Waals surface area (Å²) in [7, 11) is 0. The second-order valence-corrected chi connectivity index (χ2v) is 7.18. The Kier molecular flexibility index (Phi) is 3.34. The van der Waals surface area contributed by atoms with Gasteiger partial charge in [0.2, 0.25) is 0 Å². The Bertz CT molecular complexity index is 862. The third-order valence-corrected chi connectivity index (χ3v) is 5.42. The van der Waals surface area contributed by atoms with Crippen LogP contribution in [-0.2, 0) is 0 Å². The number of hydrogen-bond donors (Lipinski definition) is 1. The molecule has 1 amide bonds. The molecule has 1 N–H and O–H groups in total. The van der Waals surface area contributed by atoms with Gasteiger partial charge in [0.1, 0.15) is 4.83 Å². The highest BCUT2D eigenvalue weighted by Gasteiger charge is 2.19. The van der Waals surface area contributed by atoms with Crippen LogP contribution in [0.15, 0.2) is 30.3 Å². The van der Waals surface area contributed by atoms with E-state index in [9.17, 15) is 4.79 Å². The van der Waals surface area contributed by atoms with Gasteiger partial charge in [-0.15, -0.1) is 11.3 Å². The van der Waals surface area contributed by atoms with Crippen LogP contribution in [-0.4, -0.2) is 16.9 Å². The maximum Gasteiger partial charge on any atom is 0.261 e. The van der Waals surface area contributed by atoms with E-state index in [1.54, 1.807) is 0 Å². The van der Waals surface area contributed by atoms with Crippen molar-refractivity contribution in [3.63, 3.8) is 0 Å². The minimum atomic E-state index is 0.0511. The molecule has 1 aliphatic carbocycles. The lowest BCUT2D eigenvalue weighted by molar-refractivity contribution is 0.0942. The highest BCUT2D eigenvalue weighted by Crippen LogP contribution is 2.28. The van der Waals surface area contributed by atoms with Gasteiger partial charge < -0.3 is 5.32 Å². The van der Waals surface area contributed by atoms with Gasteiger partial charge >= 0.3 is 0 Å². The smallest absolute Gasteiger partial charge is 0.261 e. The third kappa shape index (κ3) is 2.48. The average Bonchev–Trinajstić information content (AvgIpc) is 3.13. The SMILES string of the molecule is Cc1ccc2cc3cc(C(=O)NC4CCCC4)sc3nc2c1. The quantitative estimate of drug-likeness (QED) is 0.761. The fraction of sp³-hybridized carbons (Fsp3) is 0.333. The number of amides is 1. The number of aromatic nitrogens is 1. The number of carbonyl (C=O) groups is 1. The van der Waals surface area contributed by atoms with Gasteiger partial charge in [-0.2, -0.15) is 0 Å². The van der Waals surface area contributed by atoms with Crippen molar-refractivity contribution in [3.05, 3.63) is 40.8 Å². The highest BCUT2D eigenvalue weighted by atomic mass is 32.1. The van der Waals surface area contributed by atoms with Gasteiger partial charge in [-0.1, -0.05) is 25.0 Å². The van der Waals surface area contributed by atoms with Gasteiger partial charge in [0.15, 0.2) is 0 Å². The molecule has 0 spiro atoms. The number of nitrogens with one attached hydrogen (secondary N) is 1. The summed E-state index contributed by atoms with van der Waals surface area (Å²) in [6.07, 6.45) is 4.67. The first kappa shape index (κ1) is 13.7. The number of aryl methyl sites for hydroxylation is 1. The van der Waals surface area contributed by atoms with Crippen LogP contribution >= 0.6 is 11.3 Å². The number of benzene rings is 1. The maximum absolute atomic E-state index is 12.4. The van der Waals surface area contributed by atoms with Crippen molar-refractivity contribution in [1.82, 2.24) is 10.3 Å². The van der Waals surface area contributed by atoms with Crippen molar-refractivity contribution in [3.8, 4) is 0 Å². The van der Waals surface area contributed by atoms with Crippen LogP contribution in [0, 0.1) is 6.92 Å². The summed E-state index contributed by atoms with van der Waals surface area (Å²) < 4.78 is 0. The van der Waals surface area contributed by atoms with Gasteiger partial charge in [-0.3, -0.25) is 4.79 Å². The van der Waals surface area contributed by atoms with E-state index in [0.717, 1.165) is 38.8 Å². The molecule has 1 aromatic carbocycles. The number of carbonyl (C=O) groups excluding carboxylic acids is 1. The second kappa shape index (κ2) is 5.36. The van der Waals surface area contributed by atoms with E-state index < -0.39 is 0 Å². The molecule has 0 bridgehead atoms. The minimum Gasteiger partial charge on any atom is -0.349 e. The molecular formula is C18H18N2OS. The maximum atomic E-state index is 12.4. The van der Waals surface area contributed by atoms with Gasteiger partial charge in [0.05, 0.1) is 10.4 Å². The molecule has 1 aliphatic rings. The van der Waals surface area contributed by atoms with Crippen LogP contribution in [0.2, 0.25) is 0 Å². The lowest BCUT2D eigenvalue weighted by Gasteiger charge is -2.10. The average molecular weight is 310 g/mol. The second-order valence-electron chi connectivity index (χ2n) is 6.14.